The minimum Gasteiger partial charge on any atom is -0.347 e. The van der Waals surface area contributed by atoms with Crippen LogP contribution in [0.1, 0.15) is 28.9 Å². The van der Waals surface area contributed by atoms with Crippen molar-refractivity contribution in [3.63, 3.8) is 0 Å². The summed E-state index contributed by atoms with van der Waals surface area (Å²) in [5.41, 5.74) is 0.525. The van der Waals surface area contributed by atoms with Gasteiger partial charge in [0.1, 0.15) is 11.2 Å². The van der Waals surface area contributed by atoms with Crippen molar-refractivity contribution in [2.45, 2.75) is 24.9 Å². The number of rotatable bonds is 3. The average molecular weight is 401 g/mol. The summed E-state index contributed by atoms with van der Waals surface area (Å²) in [6.45, 7) is 1.05. The van der Waals surface area contributed by atoms with Gasteiger partial charge in [-0.1, -0.05) is 23.7 Å². The van der Waals surface area contributed by atoms with Gasteiger partial charge in [0.2, 0.25) is 0 Å². The predicted molar refractivity (Wildman–Crippen MR) is 104 cm³/mol. The number of benzene rings is 1. The molecule has 4 amide bonds. The fraction of sp³-hybridized carbons (Fsp3) is 0.350. The topological polar surface area (TPSA) is 74.7 Å². The molecule has 2 fully saturated rings. The highest BCUT2D eigenvalue weighted by Crippen LogP contribution is 2.31. The van der Waals surface area contributed by atoms with Gasteiger partial charge in [-0.3, -0.25) is 14.5 Å². The van der Waals surface area contributed by atoms with Crippen molar-refractivity contribution in [1.82, 2.24) is 19.7 Å². The highest BCUT2D eigenvalue weighted by molar-refractivity contribution is 6.30. The zero-order chi connectivity index (χ0) is 19.9. The third kappa shape index (κ3) is 3.16. The Balaban J connectivity index is 1.44. The number of likely N-dealkylation sites (tertiary alicyclic amines) is 1. The molecular formula is C20H21ClN4O3. The number of aryl methyl sites for hydroxylation is 1. The van der Waals surface area contributed by atoms with E-state index in [2.05, 4.69) is 5.32 Å². The van der Waals surface area contributed by atoms with Crippen LogP contribution in [0.15, 0.2) is 42.6 Å². The Morgan fingerprint density at radius 1 is 1.14 bits per heavy atom. The molecule has 146 valence electrons. The van der Waals surface area contributed by atoms with Gasteiger partial charge in [0, 0.05) is 31.4 Å². The number of aromatic nitrogens is 1. The summed E-state index contributed by atoms with van der Waals surface area (Å²) in [7, 11) is 1.83. The molecule has 0 aliphatic carbocycles. The molecule has 2 aliphatic heterocycles. The van der Waals surface area contributed by atoms with Crippen LogP contribution in [0.2, 0.25) is 5.02 Å². The molecule has 0 atom stereocenters. The minimum absolute atomic E-state index is 0.0582. The second-order valence-electron chi connectivity index (χ2n) is 7.33. The van der Waals surface area contributed by atoms with Gasteiger partial charge in [0.15, 0.2) is 0 Å². The second kappa shape index (κ2) is 6.98. The molecule has 1 spiro atoms. The minimum atomic E-state index is -0.922. The van der Waals surface area contributed by atoms with E-state index in [4.69, 9.17) is 11.6 Å². The number of amides is 4. The maximum absolute atomic E-state index is 13.0. The van der Waals surface area contributed by atoms with Crippen molar-refractivity contribution in [3.05, 3.63) is 58.9 Å². The molecule has 3 heterocycles. The summed E-state index contributed by atoms with van der Waals surface area (Å²) in [6.07, 6.45) is 2.64. The molecule has 28 heavy (non-hydrogen) atoms. The molecule has 7 nitrogen and oxygen atoms in total. The highest BCUT2D eigenvalue weighted by Gasteiger charge is 2.52. The Kier molecular flexibility index (Phi) is 4.63. The van der Waals surface area contributed by atoms with Crippen molar-refractivity contribution in [2.24, 2.45) is 7.05 Å². The van der Waals surface area contributed by atoms with Crippen LogP contribution >= 0.6 is 11.6 Å². The van der Waals surface area contributed by atoms with E-state index in [1.54, 1.807) is 39.8 Å². The van der Waals surface area contributed by atoms with Crippen molar-refractivity contribution in [2.75, 3.05) is 13.1 Å². The Labute approximate surface area is 167 Å². The number of hydrogen-bond acceptors (Lipinski definition) is 3. The van der Waals surface area contributed by atoms with Gasteiger partial charge in [-0.15, -0.1) is 0 Å². The summed E-state index contributed by atoms with van der Waals surface area (Å²) in [5, 5.41) is 3.48. The summed E-state index contributed by atoms with van der Waals surface area (Å²) in [5.74, 6) is -0.282. The molecule has 4 rings (SSSR count). The largest absolute Gasteiger partial charge is 0.347 e. The Morgan fingerprint density at radius 2 is 1.82 bits per heavy atom. The molecule has 0 radical (unpaired) electrons. The first-order valence-electron chi connectivity index (χ1n) is 9.19. The van der Waals surface area contributed by atoms with Crippen LogP contribution < -0.4 is 5.32 Å². The van der Waals surface area contributed by atoms with E-state index in [0.29, 0.717) is 36.6 Å². The third-order valence-corrected chi connectivity index (χ3v) is 5.82. The van der Waals surface area contributed by atoms with Gasteiger partial charge in [0.25, 0.3) is 11.8 Å². The van der Waals surface area contributed by atoms with Crippen LogP contribution in [-0.2, 0) is 18.4 Å². The number of carbonyl (C=O) groups excluding carboxylic acids is 3. The first-order valence-corrected chi connectivity index (χ1v) is 9.57. The van der Waals surface area contributed by atoms with Crippen molar-refractivity contribution in [3.8, 4) is 0 Å². The first kappa shape index (κ1) is 18.6. The number of hydrogen-bond donors (Lipinski definition) is 1. The number of piperidine rings is 1. The van der Waals surface area contributed by atoms with E-state index in [-0.39, 0.29) is 24.4 Å². The van der Waals surface area contributed by atoms with Gasteiger partial charge in [0.05, 0.1) is 6.54 Å². The maximum Gasteiger partial charge on any atom is 0.325 e. The summed E-state index contributed by atoms with van der Waals surface area (Å²) >= 11 is 5.89. The lowest BCUT2D eigenvalue weighted by molar-refractivity contribution is -0.133. The Hall–Kier alpha value is -2.80. The SMILES string of the molecule is Cn1cccc1C(=O)N1CCC2(CC1)NC(=O)N(Cc1ccc(Cl)cc1)C2=O. The van der Waals surface area contributed by atoms with Crippen LogP contribution in [-0.4, -0.2) is 50.8 Å². The highest BCUT2D eigenvalue weighted by atomic mass is 35.5. The van der Waals surface area contributed by atoms with Gasteiger partial charge >= 0.3 is 6.03 Å². The lowest BCUT2D eigenvalue weighted by Gasteiger charge is -2.37. The quantitative estimate of drug-likeness (QED) is 0.804. The fourth-order valence-corrected chi connectivity index (χ4v) is 3.99. The Bertz CT molecular complexity index is 929. The molecule has 2 saturated heterocycles. The first-order chi connectivity index (χ1) is 13.4. The van der Waals surface area contributed by atoms with Crippen molar-refractivity contribution >= 4 is 29.4 Å². The molecular weight excluding hydrogens is 380 g/mol. The molecule has 8 heteroatoms. The number of carbonyl (C=O) groups is 3. The molecule has 1 aromatic heterocycles. The Morgan fingerprint density at radius 3 is 2.43 bits per heavy atom. The van der Waals surface area contributed by atoms with Gasteiger partial charge < -0.3 is 14.8 Å². The molecule has 0 unspecified atom stereocenters. The van der Waals surface area contributed by atoms with E-state index in [0.717, 1.165) is 5.56 Å². The summed E-state index contributed by atoms with van der Waals surface area (Å²) in [6, 6.07) is 10.3. The molecule has 0 saturated carbocycles. The number of nitrogens with zero attached hydrogens (tertiary/aromatic N) is 3. The van der Waals surface area contributed by atoms with Gasteiger partial charge in [-0.2, -0.15) is 0 Å². The maximum atomic E-state index is 13.0. The van der Waals surface area contributed by atoms with Crippen LogP contribution in [0, 0.1) is 0 Å². The molecule has 1 aromatic carbocycles. The van der Waals surface area contributed by atoms with Crippen molar-refractivity contribution < 1.29 is 14.4 Å². The zero-order valence-corrected chi connectivity index (χ0v) is 16.3. The third-order valence-electron chi connectivity index (χ3n) is 5.57. The van der Waals surface area contributed by atoms with E-state index >= 15 is 0 Å². The van der Waals surface area contributed by atoms with Crippen molar-refractivity contribution in [1.29, 1.82) is 0 Å². The summed E-state index contributed by atoms with van der Waals surface area (Å²) < 4.78 is 1.78. The van der Waals surface area contributed by atoms with E-state index in [9.17, 15) is 14.4 Å². The molecule has 1 N–H and O–H groups in total. The van der Waals surface area contributed by atoms with Gasteiger partial charge in [-0.05, 0) is 42.7 Å². The van der Waals surface area contributed by atoms with Crippen LogP contribution in [0.25, 0.3) is 0 Å². The molecule has 2 aliphatic rings. The van der Waals surface area contributed by atoms with Gasteiger partial charge in [-0.25, -0.2) is 4.79 Å². The smallest absolute Gasteiger partial charge is 0.325 e. The average Bonchev–Trinajstić information content (AvgIpc) is 3.21. The predicted octanol–water partition coefficient (Wildman–Crippen LogP) is 2.41. The van der Waals surface area contributed by atoms with Crippen LogP contribution in [0.3, 0.4) is 0 Å². The molecule has 0 bridgehead atoms. The van der Waals surface area contributed by atoms with Crippen LogP contribution in [0.4, 0.5) is 4.79 Å². The van der Waals surface area contributed by atoms with E-state index in [1.165, 1.54) is 4.90 Å². The van der Waals surface area contributed by atoms with Crippen LogP contribution in [0.5, 0.6) is 0 Å². The zero-order valence-electron chi connectivity index (χ0n) is 15.5. The van der Waals surface area contributed by atoms with E-state index < -0.39 is 5.54 Å². The van der Waals surface area contributed by atoms with E-state index in [1.807, 2.05) is 19.3 Å². The normalized spacial score (nSPS) is 18.6. The number of imide groups is 1. The molecule has 2 aromatic rings. The summed E-state index contributed by atoms with van der Waals surface area (Å²) in [4.78, 5) is 41.2. The second-order valence-corrected chi connectivity index (χ2v) is 7.76. The number of urea groups is 1. The fourth-order valence-electron chi connectivity index (χ4n) is 3.87. The number of halogens is 1. The lowest BCUT2D eigenvalue weighted by Crippen LogP contribution is -2.56. The standard InChI is InChI=1S/C20H21ClN4O3/c1-23-10-2-3-16(23)17(26)24-11-8-20(9-12-24)18(27)25(19(28)22-20)13-14-4-6-15(21)7-5-14/h2-7,10H,8-9,11-13H2,1H3,(H,22,28). The lowest BCUT2D eigenvalue weighted by atomic mass is 9.87. The monoisotopic (exact) mass is 400 g/mol. The number of nitrogens with one attached hydrogen (secondary N) is 1.